The van der Waals surface area contributed by atoms with Crippen LogP contribution in [-0.4, -0.2) is 40.6 Å². The average molecular weight is 481 g/mol. The van der Waals surface area contributed by atoms with Gasteiger partial charge in [-0.1, -0.05) is 42.5 Å². The molecule has 0 bridgehead atoms. The van der Waals surface area contributed by atoms with Crippen LogP contribution in [0.25, 0.3) is 11.1 Å². The predicted molar refractivity (Wildman–Crippen MR) is 136 cm³/mol. The number of aliphatic hydroxyl groups excluding tert-OH is 1. The molecule has 0 saturated heterocycles. The Labute approximate surface area is 207 Å². The first-order valence-corrected chi connectivity index (χ1v) is 11.4. The van der Waals surface area contributed by atoms with Crippen molar-refractivity contribution in [1.29, 1.82) is 0 Å². The Morgan fingerprint density at radius 1 is 1.06 bits per heavy atom. The topological polar surface area (TPSA) is 116 Å². The number of hydrogen-bond donors (Lipinski definition) is 4. The van der Waals surface area contributed by atoms with Crippen LogP contribution in [-0.2, 0) is 4.79 Å². The van der Waals surface area contributed by atoms with E-state index in [0.717, 1.165) is 11.1 Å². The second kappa shape index (κ2) is 9.89. The number of aliphatic hydroxyl groups is 1. The number of nitrogens with zero attached hydrogens (tertiary/aromatic N) is 1. The van der Waals surface area contributed by atoms with Crippen molar-refractivity contribution < 1.29 is 19.4 Å². The minimum absolute atomic E-state index is 0.246. The smallest absolute Gasteiger partial charge is 0.257 e. The van der Waals surface area contributed by atoms with Gasteiger partial charge >= 0.3 is 0 Å². The lowest BCUT2D eigenvalue weighted by atomic mass is 9.93. The Bertz CT molecular complexity index is 1450. The molecule has 180 valence electrons. The van der Waals surface area contributed by atoms with E-state index in [0.29, 0.717) is 39.5 Å². The first-order valence-electron chi connectivity index (χ1n) is 11.4. The van der Waals surface area contributed by atoms with Gasteiger partial charge in [-0.05, 0) is 41.5 Å². The number of amides is 2. The Hall–Kier alpha value is -4.69. The highest BCUT2D eigenvalue weighted by molar-refractivity contribution is 6.38. The summed E-state index contributed by atoms with van der Waals surface area (Å²) in [6.07, 6.45) is 3.30. The molecule has 36 heavy (non-hydrogen) atoms. The van der Waals surface area contributed by atoms with E-state index in [1.165, 1.54) is 0 Å². The van der Waals surface area contributed by atoms with E-state index in [4.69, 9.17) is 4.74 Å². The van der Waals surface area contributed by atoms with E-state index in [9.17, 15) is 14.7 Å². The first kappa shape index (κ1) is 23.1. The summed E-state index contributed by atoms with van der Waals surface area (Å²) in [5.74, 6) is 0.495. The van der Waals surface area contributed by atoms with E-state index in [-0.39, 0.29) is 18.4 Å². The summed E-state index contributed by atoms with van der Waals surface area (Å²) in [6, 6.07) is 21.1. The molecule has 2 heterocycles. The van der Waals surface area contributed by atoms with Gasteiger partial charge in [0, 0.05) is 34.8 Å². The van der Waals surface area contributed by atoms with Crippen LogP contribution in [0, 0.1) is 0 Å². The van der Waals surface area contributed by atoms with Gasteiger partial charge in [-0.15, -0.1) is 0 Å². The fourth-order valence-corrected chi connectivity index (χ4v) is 4.30. The number of carbonyl (C=O) groups excluding carboxylic acids is 2. The highest BCUT2D eigenvalue weighted by Crippen LogP contribution is 2.40. The van der Waals surface area contributed by atoms with Gasteiger partial charge in [0.15, 0.2) is 0 Å². The fourth-order valence-electron chi connectivity index (χ4n) is 4.30. The highest BCUT2D eigenvalue weighted by Gasteiger charge is 2.31. The van der Waals surface area contributed by atoms with Gasteiger partial charge in [-0.3, -0.25) is 9.59 Å². The zero-order chi connectivity index (χ0) is 25.1. The maximum absolute atomic E-state index is 13.2. The molecule has 4 N–H and O–H groups in total. The number of carbonyl (C=O) groups is 2. The minimum atomic E-state index is -0.558. The Morgan fingerprint density at radius 3 is 2.61 bits per heavy atom. The lowest BCUT2D eigenvalue weighted by Crippen LogP contribution is -2.30. The van der Waals surface area contributed by atoms with Crippen LogP contribution in [0.15, 0.2) is 85.2 Å². The number of methoxy groups -OCH3 is 1. The number of nitrogens with one attached hydrogen (secondary N) is 3. The monoisotopic (exact) mass is 480 g/mol. The molecule has 0 saturated carbocycles. The van der Waals surface area contributed by atoms with Gasteiger partial charge in [0.2, 0.25) is 0 Å². The summed E-state index contributed by atoms with van der Waals surface area (Å²) in [6.45, 7) is -0.246. The van der Waals surface area contributed by atoms with Crippen molar-refractivity contribution in [3.8, 4) is 5.75 Å². The van der Waals surface area contributed by atoms with Gasteiger partial charge in [-0.25, -0.2) is 4.98 Å². The molecule has 5 rings (SSSR count). The number of imidazole rings is 1. The van der Waals surface area contributed by atoms with Crippen molar-refractivity contribution in [2.24, 2.45) is 0 Å². The molecule has 0 unspecified atom stereocenters. The summed E-state index contributed by atoms with van der Waals surface area (Å²) in [4.78, 5) is 33.9. The number of H-pyrrole nitrogens is 1. The number of rotatable bonds is 7. The summed E-state index contributed by atoms with van der Waals surface area (Å²) in [7, 11) is 1.58. The molecule has 8 nitrogen and oxygen atoms in total. The normalized spacial score (nSPS) is 14.6. The summed E-state index contributed by atoms with van der Waals surface area (Å²) in [5, 5.41) is 15.6. The van der Waals surface area contributed by atoms with E-state index in [2.05, 4.69) is 20.6 Å². The lowest BCUT2D eigenvalue weighted by Gasteiger charge is -2.17. The molecule has 1 atom stereocenters. The largest absolute Gasteiger partial charge is 0.497 e. The number of hydrogen-bond acceptors (Lipinski definition) is 5. The SMILES string of the molecule is COc1cccc(/C(=C2/C(=O)Nc3ccc(C(=O)N[C@H](CO)c4ccccc4)cc32)c2ncc[nH]2)c1. The van der Waals surface area contributed by atoms with Crippen LogP contribution in [0.4, 0.5) is 5.69 Å². The summed E-state index contributed by atoms with van der Waals surface area (Å²) < 4.78 is 5.39. The van der Waals surface area contributed by atoms with Crippen molar-refractivity contribution >= 4 is 28.6 Å². The molecule has 8 heteroatoms. The minimum Gasteiger partial charge on any atom is -0.497 e. The molecule has 0 aliphatic carbocycles. The fraction of sp³-hybridized carbons (Fsp3) is 0.107. The Balaban J connectivity index is 1.58. The van der Waals surface area contributed by atoms with Crippen molar-refractivity contribution in [1.82, 2.24) is 15.3 Å². The van der Waals surface area contributed by atoms with Crippen LogP contribution < -0.4 is 15.4 Å². The van der Waals surface area contributed by atoms with Crippen molar-refractivity contribution in [2.75, 3.05) is 19.0 Å². The van der Waals surface area contributed by atoms with Crippen LogP contribution in [0.2, 0.25) is 0 Å². The molecule has 0 fully saturated rings. The standard InChI is InChI=1S/C28H24N4O4/c1-36-20-9-5-8-18(14-20)24(26-29-12-13-30-26)25-21-15-19(10-11-22(21)31-28(25)35)27(34)32-23(16-33)17-6-3-2-4-7-17/h2-15,23,33H,16H2,1H3,(H,29,30)(H,31,35)(H,32,34)/b25-24-/t23-/m1/s1. The van der Waals surface area contributed by atoms with E-state index >= 15 is 0 Å². The maximum atomic E-state index is 13.2. The van der Waals surface area contributed by atoms with Crippen LogP contribution in [0.5, 0.6) is 5.75 Å². The molecule has 1 aliphatic rings. The van der Waals surface area contributed by atoms with Gasteiger partial charge in [0.1, 0.15) is 11.6 Å². The highest BCUT2D eigenvalue weighted by atomic mass is 16.5. The molecule has 3 aromatic carbocycles. The zero-order valence-corrected chi connectivity index (χ0v) is 19.5. The number of anilines is 1. The van der Waals surface area contributed by atoms with E-state index in [1.807, 2.05) is 54.6 Å². The Kier molecular flexibility index (Phi) is 6.34. The van der Waals surface area contributed by atoms with Crippen LogP contribution in [0.1, 0.15) is 38.9 Å². The Morgan fingerprint density at radius 2 is 1.89 bits per heavy atom. The average Bonchev–Trinajstić information content (AvgIpc) is 3.56. The van der Waals surface area contributed by atoms with Crippen molar-refractivity contribution in [3.63, 3.8) is 0 Å². The second-order valence-corrected chi connectivity index (χ2v) is 8.25. The molecule has 1 aliphatic heterocycles. The molecular weight excluding hydrogens is 456 g/mol. The molecule has 0 spiro atoms. The molecule has 2 amide bonds. The number of benzene rings is 3. The van der Waals surface area contributed by atoms with Gasteiger partial charge in [-0.2, -0.15) is 0 Å². The number of ether oxygens (including phenoxy) is 1. The predicted octanol–water partition coefficient (Wildman–Crippen LogP) is 3.79. The lowest BCUT2D eigenvalue weighted by molar-refractivity contribution is -0.110. The zero-order valence-electron chi connectivity index (χ0n) is 19.5. The summed E-state index contributed by atoms with van der Waals surface area (Å²) in [5.41, 5.74) is 4.06. The third kappa shape index (κ3) is 4.37. The number of aromatic amines is 1. The first-order chi connectivity index (χ1) is 17.6. The van der Waals surface area contributed by atoms with Gasteiger partial charge in [0.25, 0.3) is 11.8 Å². The molecule has 0 radical (unpaired) electrons. The van der Waals surface area contributed by atoms with E-state index < -0.39 is 6.04 Å². The van der Waals surface area contributed by atoms with Crippen LogP contribution >= 0.6 is 0 Å². The molecule has 4 aromatic rings. The number of aromatic nitrogens is 2. The number of fused-ring (bicyclic) bond motifs is 1. The third-order valence-corrected chi connectivity index (χ3v) is 6.06. The van der Waals surface area contributed by atoms with Crippen LogP contribution in [0.3, 0.4) is 0 Å². The molecular formula is C28H24N4O4. The van der Waals surface area contributed by atoms with E-state index in [1.54, 1.807) is 37.7 Å². The summed E-state index contributed by atoms with van der Waals surface area (Å²) >= 11 is 0. The van der Waals surface area contributed by atoms with Crippen molar-refractivity contribution in [3.05, 3.63) is 113 Å². The van der Waals surface area contributed by atoms with Crippen molar-refractivity contribution in [2.45, 2.75) is 6.04 Å². The second-order valence-electron chi connectivity index (χ2n) is 8.25. The maximum Gasteiger partial charge on any atom is 0.257 e. The van der Waals surface area contributed by atoms with Gasteiger partial charge in [0.05, 0.1) is 25.3 Å². The molecule has 1 aromatic heterocycles. The third-order valence-electron chi connectivity index (χ3n) is 6.06. The van der Waals surface area contributed by atoms with Gasteiger partial charge < -0.3 is 25.5 Å². The quantitative estimate of drug-likeness (QED) is 0.300.